The summed E-state index contributed by atoms with van der Waals surface area (Å²) in [5, 5.41) is 0.919. The highest BCUT2D eigenvalue weighted by atomic mass is 32.1. The summed E-state index contributed by atoms with van der Waals surface area (Å²) in [6, 6.07) is 7.37. The van der Waals surface area contributed by atoms with Gasteiger partial charge in [0.05, 0.1) is 11.1 Å². The Morgan fingerprint density at radius 2 is 1.96 bits per heavy atom. The molecule has 0 aromatic carbocycles. The van der Waals surface area contributed by atoms with E-state index in [2.05, 4.69) is 15.0 Å². The van der Waals surface area contributed by atoms with Crippen molar-refractivity contribution in [2.75, 3.05) is 19.0 Å². The van der Waals surface area contributed by atoms with E-state index in [1.165, 1.54) is 22.2 Å². The zero-order valence-corrected chi connectivity index (χ0v) is 13.4. The molecule has 114 valence electrons. The van der Waals surface area contributed by atoms with Crippen LogP contribution in [-0.2, 0) is 0 Å². The van der Waals surface area contributed by atoms with Crippen LogP contribution >= 0.6 is 11.3 Å². The van der Waals surface area contributed by atoms with Crippen LogP contribution in [0.5, 0.6) is 0 Å². The molecular weight excluding hydrogens is 310 g/mol. The lowest BCUT2D eigenvalue weighted by molar-refractivity contribution is 0.924. The summed E-state index contributed by atoms with van der Waals surface area (Å²) in [5.74, 6) is 0.560. The minimum absolute atomic E-state index is 0.124. The maximum atomic E-state index is 12.8. The standard InChI is InChI=1S/C16H13N5OS/c1-20(2)10-6-8-18-15-12(10)13-14(23-15)16(22)21(9-19-13)11-5-3-4-7-17-11/h3-9H,1-2H3. The van der Waals surface area contributed by atoms with Gasteiger partial charge in [-0.05, 0) is 18.2 Å². The van der Waals surface area contributed by atoms with Gasteiger partial charge in [0, 0.05) is 26.5 Å². The zero-order valence-electron chi connectivity index (χ0n) is 12.6. The number of rotatable bonds is 2. The van der Waals surface area contributed by atoms with Gasteiger partial charge in [-0.15, -0.1) is 11.3 Å². The molecular formula is C16H13N5OS. The van der Waals surface area contributed by atoms with Gasteiger partial charge < -0.3 is 4.90 Å². The fourth-order valence-corrected chi connectivity index (χ4v) is 3.62. The van der Waals surface area contributed by atoms with Gasteiger partial charge in [0.15, 0.2) is 0 Å². The molecule has 6 nitrogen and oxygen atoms in total. The smallest absolute Gasteiger partial charge is 0.277 e. The fourth-order valence-electron chi connectivity index (χ4n) is 2.57. The molecule has 0 spiro atoms. The highest BCUT2D eigenvalue weighted by Gasteiger charge is 2.16. The topological polar surface area (TPSA) is 63.9 Å². The van der Waals surface area contributed by atoms with E-state index in [-0.39, 0.29) is 5.56 Å². The van der Waals surface area contributed by atoms with Crippen molar-refractivity contribution in [2.45, 2.75) is 0 Å². The minimum atomic E-state index is -0.124. The van der Waals surface area contributed by atoms with E-state index < -0.39 is 0 Å². The molecule has 0 unspecified atom stereocenters. The Morgan fingerprint density at radius 1 is 1.09 bits per heavy atom. The van der Waals surface area contributed by atoms with Gasteiger partial charge in [0.25, 0.3) is 5.56 Å². The predicted molar refractivity (Wildman–Crippen MR) is 92.6 cm³/mol. The Labute approximate surface area is 135 Å². The molecule has 0 bridgehead atoms. The number of anilines is 1. The second-order valence-corrected chi connectivity index (χ2v) is 6.29. The quantitative estimate of drug-likeness (QED) is 0.567. The van der Waals surface area contributed by atoms with Crippen LogP contribution in [0.15, 0.2) is 47.8 Å². The van der Waals surface area contributed by atoms with Gasteiger partial charge in [0.2, 0.25) is 0 Å². The first-order chi connectivity index (χ1) is 11.2. The SMILES string of the molecule is CN(C)c1ccnc2sc3c(=O)n(-c4ccccn4)cnc3c12. The van der Waals surface area contributed by atoms with Crippen LogP contribution < -0.4 is 10.5 Å². The van der Waals surface area contributed by atoms with E-state index >= 15 is 0 Å². The van der Waals surface area contributed by atoms with Gasteiger partial charge in [-0.1, -0.05) is 6.07 Å². The maximum Gasteiger partial charge on any atom is 0.277 e. The average Bonchev–Trinajstić information content (AvgIpc) is 2.95. The molecule has 0 atom stereocenters. The second kappa shape index (κ2) is 5.13. The molecule has 0 radical (unpaired) electrons. The van der Waals surface area contributed by atoms with Gasteiger partial charge >= 0.3 is 0 Å². The van der Waals surface area contributed by atoms with Crippen LogP contribution in [0.25, 0.3) is 26.3 Å². The van der Waals surface area contributed by atoms with Crippen molar-refractivity contribution in [1.29, 1.82) is 0 Å². The molecule has 4 rings (SSSR count). The third-order valence-electron chi connectivity index (χ3n) is 3.64. The van der Waals surface area contributed by atoms with E-state index in [0.717, 1.165) is 15.9 Å². The van der Waals surface area contributed by atoms with Crippen LogP contribution in [0.3, 0.4) is 0 Å². The molecule has 0 amide bonds. The number of fused-ring (bicyclic) bond motifs is 3. The average molecular weight is 323 g/mol. The molecule has 0 N–H and O–H groups in total. The maximum absolute atomic E-state index is 12.8. The largest absolute Gasteiger partial charge is 0.377 e. The third kappa shape index (κ3) is 2.08. The molecule has 4 heterocycles. The number of thiophene rings is 1. The van der Waals surface area contributed by atoms with Crippen molar-refractivity contribution in [3.8, 4) is 5.82 Å². The lowest BCUT2D eigenvalue weighted by Gasteiger charge is -2.13. The van der Waals surface area contributed by atoms with Crippen molar-refractivity contribution in [3.05, 3.63) is 53.3 Å². The molecule has 0 fully saturated rings. The van der Waals surface area contributed by atoms with Gasteiger partial charge in [0.1, 0.15) is 27.2 Å². The monoisotopic (exact) mass is 323 g/mol. The Balaban J connectivity index is 2.08. The van der Waals surface area contributed by atoms with Crippen molar-refractivity contribution < 1.29 is 0 Å². The molecule has 0 aliphatic carbocycles. The molecule has 7 heteroatoms. The first-order valence-electron chi connectivity index (χ1n) is 7.04. The number of nitrogens with zero attached hydrogens (tertiary/aromatic N) is 5. The first-order valence-corrected chi connectivity index (χ1v) is 7.86. The molecule has 0 saturated carbocycles. The number of hydrogen-bond acceptors (Lipinski definition) is 6. The lowest BCUT2D eigenvalue weighted by Crippen LogP contribution is -2.18. The summed E-state index contributed by atoms with van der Waals surface area (Å²) >= 11 is 1.37. The van der Waals surface area contributed by atoms with Crippen LogP contribution in [0.4, 0.5) is 5.69 Å². The number of pyridine rings is 2. The summed E-state index contributed by atoms with van der Waals surface area (Å²) in [6.07, 6.45) is 4.94. The van der Waals surface area contributed by atoms with Crippen molar-refractivity contribution in [2.24, 2.45) is 0 Å². The highest BCUT2D eigenvalue weighted by molar-refractivity contribution is 7.25. The molecule has 0 aliphatic rings. The van der Waals surface area contributed by atoms with Crippen molar-refractivity contribution in [1.82, 2.24) is 19.5 Å². The lowest BCUT2D eigenvalue weighted by atomic mass is 10.2. The molecule has 0 aliphatic heterocycles. The minimum Gasteiger partial charge on any atom is -0.377 e. The van der Waals surface area contributed by atoms with Crippen LogP contribution in [0.1, 0.15) is 0 Å². The summed E-state index contributed by atoms with van der Waals surface area (Å²) in [6.45, 7) is 0. The summed E-state index contributed by atoms with van der Waals surface area (Å²) in [4.78, 5) is 28.8. The Bertz CT molecular complexity index is 1070. The van der Waals surface area contributed by atoms with Gasteiger partial charge in [-0.3, -0.25) is 4.79 Å². The van der Waals surface area contributed by atoms with E-state index in [9.17, 15) is 4.79 Å². The summed E-state index contributed by atoms with van der Waals surface area (Å²) < 4.78 is 2.06. The number of aromatic nitrogens is 4. The molecule has 4 aromatic heterocycles. The molecule has 23 heavy (non-hydrogen) atoms. The van der Waals surface area contributed by atoms with E-state index in [4.69, 9.17) is 0 Å². The number of hydrogen-bond donors (Lipinski definition) is 0. The molecule has 4 aromatic rings. The van der Waals surface area contributed by atoms with Crippen molar-refractivity contribution in [3.63, 3.8) is 0 Å². The van der Waals surface area contributed by atoms with Gasteiger partial charge in [-0.2, -0.15) is 0 Å². The first kappa shape index (κ1) is 13.8. The fraction of sp³-hybridized carbons (Fsp3) is 0.125. The van der Waals surface area contributed by atoms with Crippen molar-refractivity contribution >= 4 is 37.5 Å². The van der Waals surface area contributed by atoms with E-state index in [1.807, 2.05) is 37.2 Å². The highest BCUT2D eigenvalue weighted by Crippen LogP contribution is 2.35. The predicted octanol–water partition coefficient (Wildman–Crippen LogP) is 2.46. The Hall–Kier alpha value is -2.80. The third-order valence-corrected chi connectivity index (χ3v) is 4.71. The summed E-state index contributed by atoms with van der Waals surface area (Å²) in [7, 11) is 3.93. The normalized spacial score (nSPS) is 11.2. The van der Waals surface area contributed by atoms with E-state index in [1.54, 1.807) is 18.5 Å². The Morgan fingerprint density at radius 3 is 2.70 bits per heavy atom. The second-order valence-electron chi connectivity index (χ2n) is 5.29. The van der Waals surface area contributed by atoms with Crippen LogP contribution in [0, 0.1) is 0 Å². The Kier molecular flexibility index (Phi) is 3.09. The van der Waals surface area contributed by atoms with Crippen LogP contribution in [0.2, 0.25) is 0 Å². The molecule has 0 saturated heterocycles. The summed E-state index contributed by atoms with van der Waals surface area (Å²) in [5.41, 5.74) is 1.57. The zero-order chi connectivity index (χ0) is 16.0. The van der Waals surface area contributed by atoms with E-state index in [0.29, 0.717) is 16.0 Å². The van der Waals surface area contributed by atoms with Gasteiger partial charge in [-0.25, -0.2) is 19.5 Å². The van der Waals surface area contributed by atoms with Crippen LogP contribution in [-0.4, -0.2) is 33.6 Å².